The van der Waals surface area contributed by atoms with E-state index < -0.39 is 24.0 Å². The van der Waals surface area contributed by atoms with Crippen molar-refractivity contribution in [3.05, 3.63) is 151 Å². The summed E-state index contributed by atoms with van der Waals surface area (Å²) in [7, 11) is 0. The van der Waals surface area contributed by atoms with Crippen molar-refractivity contribution < 1.29 is 17.6 Å². The maximum absolute atomic E-state index is 13.9. The van der Waals surface area contributed by atoms with Crippen molar-refractivity contribution in [2.75, 3.05) is 0 Å². The third-order valence-corrected chi connectivity index (χ3v) is 8.57. The summed E-state index contributed by atoms with van der Waals surface area (Å²) < 4.78 is 55.5. The Bertz CT molecular complexity index is 2440. The topological polar surface area (TPSA) is 38.7 Å². The third-order valence-electron chi connectivity index (χ3n) is 8.57. The highest BCUT2D eigenvalue weighted by molar-refractivity contribution is 6.21. The zero-order chi connectivity index (χ0) is 32.8. The first-order valence-electron chi connectivity index (χ1n) is 15.4. The number of alkyl halides is 4. The molecule has 3 nitrogen and oxygen atoms in total. The van der Waals surface area contributed by atoms with Crippen LogP contribution in [0.25, 0.3) is 77.6 Å². The number of fused-ring (bicyclic) bond motifs is 5. The molecule has 0 saturated heterocycles. The number of hydrogen-bond acceptors (Lipinski definition) is 3. The largest absolute Gasteiger partial charge is 0.263 e. The van der Waals surface area contributed by atoms with Gasteiger partial charge in [0.15, 0.2) is 0 Å². The number of hydrogen-bond donors (Lipinski definition) is 0. The highest BCUT2D eigenvalue weighted by Gasteiger charge is 2.21. The van der Waals surface area contributed by atoms with Crippen LogP contribution in [0.15, 0.2) is 140 Å². The van der Waals surface area contributed by atoms with Gasteiger partial charge < -0.3 is 0 Å². The molecule has 0 aliphatic carbocycles. The average molecular weight is 636 g/mol. The van der Waals surface area contributed by atoms with E-state index in [-0.39, 0.29) is 5.56 Å². The quantitative estimate of drug-likeness (QED) is 0.135. The van der Waals surface area contributed by atoms with Gasteiger partial charge in [0, 0.05) is 44.0 Å². The van der Waals surface area contributed by atoms with Gasteiger partial charge in [-0.3, -0.25) is 0 Å². The highest BCUT2D eigenvalue weighted by atomic mass is 19.3. The van der Waals surface area contributed by atoms with Crippen LogP contribution in [0.2, 0.25) is 0 Å². The van der Waals surface area contributed by atoms with Crippen molar-refractivity contribution in [2.45, 2.75) is 12.9 Å². The second-order valence-electron chi connectivity index (χ2n) is 11.5. The van der Waals surface area contributed by atoms with E-state index in [4.69, 9.17) is 15.0 Å². The summed E-state index contributed by atoms with van der Waals surface area (Å²) in [6.45, 7) is 0. The van der Waals surface area contributed by atoms with E-state index in [1.807, 2.05) is 109 Å². The van der Waals surface area contributed by atoms with Crippen LogP contribution in [0.3, 0.4) is 0 Å². The standard InChI is InChI=1S/C41H25F4N3/c42-40(43)27-21-26(22-28(23-27)41(44)45)29-15-7-8-16-30(29)38-32-19-20-34-39(35(32)31-17-9-10-18-33(31)46-38)48-37(25-13-5-2-6-14-25)36(47-34)24-11-3-1-4-12-24/h1-23,40-41H. The Hall–Kier alpha value is -5.95. The first-order valence-corrected chi connectivity index (χ1v) is 15.4. The molecular weight excluding hydrogens is 610 g/mol. The van der Waals surface area contributed by atoms with Crippen molar-refractivity contribution in [3.8, 4) is 44.9 Å². The third kappa shape index (κ3) is 5.14. The van der Waals surface area contributed by atoms with E-state index in [0.29, 0.717) is 33.4 Å². The summed E-state index contributed by atoms with van der Waals surface area (Å²) >= 11 is 0. The number of nitrogens with zero attached hydrogens (tertiary/aromatic N) is 3. The molecule has 0 spiro atoms. The van der Waals surface area contributed by atoms with Gasteiger partial charge in [0.25, 0.3) is 12.9 Å². The van der Waals surface area contributed by atoms with E-state index in [0.717, 1.165) is 44.7 Å². The average Bonchev–Trinajstić information content (AvgIpc) is 3.14. The summed E-state index contributed by atoms with van der Waals surface area (Å²) in [5, 5.41) is 2.48. The zero-order valence-electron chi connectivity index (χ0n) is 25.3. The van der Waals surface area contributed by atoms with Crippen LogP contribution in [0.1, 0.15) is 24.0 Å². The van der Waals surface area contributed by atoms with Crippen LogP contribution < -0.4 is 0 Å². The summed E-state index contributed by atoms with van der Waals surface area (Å²) in [5.41, 5.74) is 6.49. The molecule has 6 aromatic carbocycles. The Morgan fingerprint density at radius 2 is 0.938 bits per heavy atom. The Kier molecular flexibility index (Phi) is 7.37. The number of pyridine rings is 1. The van der Waals surface area contributed by atoms with E-state index in [1.165, 1.54) is 12.1 Å². The van der Waals surface area contributed by atoms with Gasteiger partial charge in [0.2, 0.25) is 0 Å². The molecule has 0 atom stereocenters. The van der Waals surface area contributed by atoms with Crippen molar-refractivity contribution in [1.82, 2.24) is 15.0 Å². The predicted molar refractivity (Wildman–Crippen MR) is 184 cm³/mol. The molecule has 8 rings (SSSR count). The lowest BCUT2D eigenvalue weighted by Crippen LogP contribution is -1.98. The van der Waals surface area contributed by atoms with Crippen molar-refractivity contribution in [2.24, 2.45) is 0 Å². The van der Waals surface area contributed by atoms with Gasteiger partial charge in [0.1, 0.15) is 0 Å². The fourth-order valence-corrected chi connectivity index (χ4v) is 6.38. The zero-order valence-corrected chi connectivity index (χ0v) is 25.3. The SMILES string of the molecule is FC(F)c1cc(-c2ccccc2-c2nc3ccccc3c3c2ccc2nc(-c4ccccc4)c(-c4ccccc4)nc23)cc(C(F)F)c1. The molecule has 8 aromatic rings. The molecule has 2 heterocycles. The molecule has 0 unspecified atom stereocenters. The van der Waals surface area contributed by atoms with Crippen molar-refractivity contribution >= 4 is 32.7 Å². The maximum Gasteiger partial charge on any atom is 0.263 e. The molecule has 0 bridgehead atoms. The molecular formula is C41H25F4N3. The molecule has 0 saturated carbocycles. The number of aromatic nitrogens is 3. The molecule has 7 heteroatoms. The van der Waals surface area contributed by atoms with Crippen LogP contribution in [0, 0.1) is 0 Å². The Balaban J connectivity index is 1.45. The van der Waals surface area contributed by atoms with Gasteiger partial charge in [-0.1, -0.05) is 103 Å². The minimum absolute atomic E-state index is 0.265. The molecule has 0 aliphatic rings. The van der Waals surface area contributed by atoms with E-state index in [1.54, 1.807) is 12.1 Å². The molecule has 0 radical (unpaired) electrons. The number of halogens is 4. The van der Waals surface area contributed by atoms with Crippen LogP contribution >= 0.6 is 0 Å². The first kappa shape index (κ1) is 29.5. The second kappa shape index (κ2) is 12.0. The number of rotatable bonds is 6. The molecule has 0 fully saturated rings. The molecule has 2 aromatic heterocycles. The maximum atomic E-state index is 13.9. The lowest BCUT2D eigenvalue weighted by Gasteiger charge is -2.17. The minimum Gasteiger partial charge on any atom is -0.247 e. The van der Waals surface area contributed by atoms with Crippen LogP contribution in [-0.2, 0) is 0 Å². The number of para-hydroxylation sites is 1. The Morgan fingerprint density at radius 1 is 0.396 bits per heavy atom. The Morgan fingerprint density at radius 3 is 1.58 bits per heavy atom. The molecule has 0 aliphatic heterocycles. The van der Waals surface area contributed by atoms with Crippen molar-refractivity contribution in [3.63, 3.8) is 0 Å². The molecule has 232 valence electrons. The lowest BCUT2D eigenvalue weighted by atomic mass is 9.91. The monoisotopic (exact) mass is 635 g/mol. The molecule has 48 heavy (non-hydrogen) atoms. The lowest BCUT2D eigenvalue weighted by molar-refractivity contribution is 0.144. The van der Waals surface area contributed by atoms with Gasteiger partial charge >= 0.3 is 0 Å². The van der Waals surface area contributed by atoms with Crippen LogP contribution in [-0.4, -0.2) is 15.0 Å². The van der Waals surface area contributed by atoms with Gasteiger partial charge in [-0.25, -0.2) is 32.5 Å². The highest BCUT2D eigenvalue weighted by Crippen LogP contribution is 2.42. The summed E-state index contributed by atoms with van der Waals surface area (Å²) in [4.78, 5) is 15.6. The van der Waals surface area contributed by atoms with Gasteiger partial charge in [0.05, 0.1) is 33.6 Å². The van der Waals surface area contributed by atoms with E-state index in [2.05, 4.69) is 0 Å². The summed E-state index contributed by atoms with van der Waals surface area (Å²) in [5.74, 6) is 0. The van der Waals surface area contributed by atoms with Gasteiger partial charge in [-0.15, -0.1) is 0 Å². The van der Waals surface area contributed by atoms with Crippen LogP contribution in [0.5, 0.6) is 0 Å². The molecule has 0 N–H and O–H groups in total. The smallest absolute Gasteiger partial charge is 0.247 e. The summed E-state index contributed by atoms with van der Waals surface area (Å²) in [6, 6.07) is 42.1. The van der Waals surface area contributed by atoms with Crippen molar-refractivity contribution in [1.29, 1.82) is 0 Å². The van der Waals surface area contributed by atoms with Gasteiger partial charge in [-0.2, -0.15) is 0 Å². The predicted octanol–water partition coefficient (Wildman–Crippen LogP) is 11.9. The molecule has 0 amide bonds. The van der Waals surface area contributed by atoms with E-state index in [9.17, 15) is 17.6 Å². The number of benzene rings is 6. The minimum atomic E-state index is -2.90. The van der Waals surface area contributed by atoms with Gasteiger partial charge in [-0.05, 0) is 47.5 Å². The van der Waals surface area contributed by atoms with Crippen LogP contribution in [0.4, 0.5) is 17.6 Å². The first-order chi connectivity index (χ1) is 23.5. The summed E-state index contributed by atoms with van der Waals surface area (Å²) in [6.07, 6.45) is -5.81. The second-order valence-corrected chi connectivity index (χ2v) is 11.5. The fraction of sp³-hybridized carbons (Fsp3) is 0.0488. The Labute approximate surface area is 273 Å². The van der Waals surface area contributed by atoms with E-state index >= 15 is 0 Å². The fourth-order valence-electron chi connectivity index (χ4n) is 6.38. The normalized spacial score (nSPS) is 11.7.